The molecule has 2 amide bonds. The third-order valence-corrected chi connectivity index (χ3v) is 3.76. The Balaban J connectivity index is 2.17. The first-order valence-electron chi connectivity index (χ1n) is 7.19. The van der Waals surface area contributed by atoms with E-state index in [0.717, 1.165) is 10.0 Å². The third kappa shape index (κ3) is 4.45. The number of hydrogen-bond donors (Lipinski definition) is 2. The first-order chi connectivity index (χ1) is 11.5. The minimum Gasteiger partial charge on any atom is -0.496 e. The Morgan fingerprint density at radius 1 is 1.17 bits per heavy atom. The van der Waals surface area contributed by atoms with Crippen LogP contribution in [0.1, 0.15) is 15.9 Å². The second-order valence-corrected chi connectivity index (χ2v) is 5.75. The molecule has 24 heavy (non-hydrogen) atoms. The van der Waals surface area contributed by atoms with Gasteiger partial charge in [0, 0.05) is 23.2 Å². The van der Waals surface area contributed by atoms with E-state index in [9.17, 15) is 9.59 Å². The van der Waals surface area contributed by atoms with E-state index in [4.69, 9.17) is 4.74 Å². The van der Waals surface area contributed by atoms with Gasteiger partial charge in [-0.15, -0.1) is 0 Å². The van der Waals surface area contributed by atoms with Crippen LogP contribution in [0.4, 0.5) is 5.69 Å². The molecule has 0 atom stereocenters. The minimum absolute atomic E-state index is 0.261. The molecule has 0 unspecified atom stereocenters. The van der Waals surface area contributed by atoms with Gasteiger partial charge in [0.05, 0.1) is 18.4 Å². The van der Waals surface area contributed by atoms with Crippen LogP contribution < -0.4 is 15.4 Å². The summed E-state index contributed by atoms with van der Waals surface area (Å²) < 4.78 is 6.14. The molecule has 0 saturated carbocycles. The van der Waals surface area contributed by atoms with Crippen molar-refractivity contribution >= 4 is 39.5 Å². The predicted octanol–water partition coefficient (Wildman–Crippen LogP) is 3.47. The summed E-state index contributed by atoms with van der Waals surface area (Å²) in [6.07, 6.45) is 3.05. The summed E-state index contributed by atoms with van der Waals surface area (Å²) in [6.45, 7) is 0. The fourth-order valence-corrected chi connectivity index (χ4v) is 2.48. The normalized spacial score (nSPS) is 10.5. The zero-order chi connectivity index (χ0) is 17.5. The number of halogens is 1. The molecule has 0 aliphatic rings. The fourth-order valence-electron chi connectivity index (χ4n) is 2.10. The van der Waals surface area contributed by atoms with Crippen molar-refractivity contribution < 1.29 is 14.3 Å². The maximum Gasteiger partial charge on any atom is 0.253 e. The highest BCUT2D eigenvalue weighted by molar-refractivity contribution is 9.10. The number of amides is 2. The van der Waals surface area contributed by atoms with Crippen LogP contribution >= 0.6 is 15.9 Å². The molecule has 0 aliphatic heterocycles. The van der Waals surface area contributed by atoms with Crippen molar-refractivity contribution in [1.82, 2.24) is 5.32 Å². The van der Waals surface area contributed by atoms with Gasteiger partial charge in [0.15, 0.2) is 0 Å². The Morgan fingerprint density at radius 2 is 1.92 bits per heavy atom. The number of anilines is 1. The molecule has 2 aromatic rings. The Bertz CT molecular complexity index is 788. The highest BCUT2D eigenvalue weighted by Gasteiger charge is 2.10. The first-order valence-corrected chi connectivity index (χ1v) is 7.98. The van der Waals surface area contributed by atoms with Crippen LogP contribution in [0.2, 0.25) is 0 Å². The lowest BCUT2D eigenvalue weighted by atomic mass is 10.1. The molecule has 0 bridgehead atoms. The van der Waals surface area contributed by atoms with Gasteiger partial charge in [0.1, 0.15) is 5.75 Å². The van der Waals surface area contributed by atoms with Crippen LogP contribution in [0.25, 0.3) is 6.08 Å². The van der Waals surface area contributed by atoms with E-state index in [-0.39, 0.29) is 11.8 Å². The van der Waals surface area contributed by atoms with Gasteiger partial charge >= 0.3 is 0 Å². The average Bonchev–Trinajstić information content (AvgIpc) is 2.60. The Kier molecular flexibility index (Phi) is 6.14. The number of rotatable bonds is 5. The SMILES string of the molecule is CNC(=O)c1ccccc1NC(=O)/C=C/c1cc(Br)ccc1OC. The molecule has 0 fully saturated rings. The summed E-state index contributed by atoms with van der Waals surface area (Å²) in [6, 6.07) is 12.3. The molecule has 0 aromatic heterocycles. The van der Waals surface area contributed by atoms with Crippen molar-refractivity contribution in [2.24, 2.45) is 0 Å². The van der Waals surface area contributed by atoms with E-state index in [1.165, 1.54) is 6.08 Å². The molecule has 2 rings (SSSR count). The second-order valence-electron chi connectivity index (χ2n) is 4.83. The summed E-state index contributed by atoms with van der Waals surface area (Å²) >= 11 is 3.39. The molecule has 2 aromatic carbocycles. The third-order valence-electron chi connectivity index (χ3n) is 3.26. The van der Waals surface area contributed by atoms with Crippen molar-refractivity contribution in [2.75, 3.05) is 19.5 Å². The number of ether oxygens (including phenoxy) is 1. The van der Waals surface area contributed by atoms with E-state index in [2.05, 4.69) is 26.6 Å². The Hall–Kier alpha value is -2.60. The van der Waals surface area contributed by atoms with Crippen LogP contribution in [0, 0.1) is 0 Å². The molecule has 124 valence electrons. The van der Waals surface area contributed by atoms with Gasteiger partial charge in [-0.3, -0.25) is 9.59 Å². The molecule has 0 heterocycles. The number of methoxy groups -OCH3 is 1. The van der Waals surface area contributed by atoms with Crippen molar-refractivity contribution in [3.8, 4) is 5.75 Å². The maximum atomic E-state index is 12.2. The molecular formula is C18H17BrN2O3. The fraction of sp³-hybridized carbons (Fsp3) is 0.111. The number of hydrogen-bond acceptors (Lipinski definition) is 3. The van der Waals surface area contributed by atoms with Gasteiger partial charge in [-0.2, -0.15) is 0 Å². The van der Waals surface area contributed by atoms with Crippen molar-refractivity contribution in [1.29, 1.82) is 0 Å². The average molecular weight is 389 g/mol. The molecule has 0 saturated heterocycles. The highest BCUT2D eigenvalue weighted by Crippen LogP contribution is 2.24. The Labute approximate surface area is 148 Å². The lowest BCUT2D eigenvalue weighted by Gasteiger charge is -2.08. The van der Waals surface area contributed by atoms with Gasteiger partial charge < -0.3 is 15.4 Å². The highest BCUT2D eigenvalue weighted by atomic mass is 79.9. The lowest BCUT2D eigenvalue weighted by Crippen LogP contribution is -2.20. The van der Waals surface area contributed by atoms with E-state index < -0.39 is 0 Å². The number of para-hydroxylation sites is 1. The monoisotopic (exact) mass is 388 g/mol. The zero-order valence-corrected chi connectivity index (χ0v) is 14.9. The molecular weight excluding hydrogens is 372 g/mol. The number of benzene rings is 2. The Morgan fingerprint density at radius 3 is 2.62 bits per heavy atom. The maximum absolute atomic E-state index is 12.2. The van der Waals surface area contributed by atoms with Gasteiger partial charge in [-0.1, -0.05) is 28.1 Å². The topological polar surface area (TPSA) is 67.4 Å². The van der Waals surface area contributed by atoms with Crippen LogP contribution in [0.5, 0.6) is 5.75 Å². The molecule has 5 nitrogen and oxygen atoms in total. The largest absolute Gasteiger partial charge is 0.496 e. The van der Waals surface area contributed by atoms with Gasteiger partial charge in [0.2, 0.25) is 5.91 Å². The summed E-state index contributed by atoms with van der Waals surface area (Å²) in [5, 5.41) is 5.25. The number of carbonyl (C=O) groups is 2. The molecule has 6 heteroatoms. The van der Waals surface area contributed by atoms with E-state index in [1.54, 1.807) is 44.5 Å². The van der Waals surface area contributed by atoms with Crippen molar-refractivity contribution in [2.45, 2.75) is 0 Å². The first kappa shape index (κ1) is 17.7. The van der Waals surface area contributed by atoms with Gasteiger partial charge in [0.25, 0.3) is 5.91 Å². The van der Waals surface area contributed by atoms with E-state index in [0.29, 0.717) is 17.0 Å². The molecule has 0 radical (unpaired) electrons. The van der Waals surface area contributed by atoms with E-state index >= 15 is 0 Å². The molecule has 0 aliphatic carbocycles. The molecule has 2 N–H and O–H groups in total. The number of carbonyl (C=O) groups excluding carboxylic acids is 2. The molecule has 0 spiro atoms. The van der Waals surface area contributed by atoms with Crippen molar-refractivity contribution in [3.63, 3.8) is 0 Å². The standard InChI is InChI=1S/C18H17BrN2O3/c1-20-18(23)14-5-3-4-6-15(14)21-17(22)10-7-12-11-13(19)8-9-16(12)24-2/h3-11H,1-2H3,(H,20,23)(H,21,22)/b10-7+. The summed E-state index contributed by atoms with van der Waals surface area (Å²) in [7, 11) is 3.11. The lowest BCUT2D eigenvalue weighted by molar-refractivity contribution is -0.111. The van der Waals surface area contributed by atoms with Crippen LogP contribution in [0.15, 0.2) is 53.0 Å². The minimum atomic E-state index is -0.339. The quantitative estimate of drug-likeness (QED) is 0.770. The van der Waals surface area contributed by atoms with Crippen molar-refractivity contribution in [3.05, 3.63) is 64.1 Å². The van der Waals surface area contributed by atoms with E-state index in [1.807, 2.05) is 18.2 Å². The summed E-state index contributed by atoms with van der Waals surface area (Å²) in [4.78, 5) is 24.0. The van der Waals surface area contributed by atoms with Crippen LogP contribution in [-0.2, 0) is 4.79 Å². The van der Waals surface area contributed by atoms with Crippen LogP contribution in [0.3, 0.4) is 0 Å². The number of nitrogens with one attached hydrogen (secondary N) is 2. The summed E-state index contributed by atoms with van der Waals surface area (Å²) in [5.41, 5.74) is 1.62. The smallest absolute Gasteiger partial charge is 0.253 e. The second kappa shape index (κ2) is 8.31. The predicted molar refractivity (Wildman–Crippen MR) is 98.2 cm³/mol. The zero-order valence-electron chi connectivity index (χ0n) is 13.3. The van der Waals surface area contributed by atoms with Gasteiger partial charge in [-0.25, -0.2) is 0 Å². The van der Waals surface area contributed by atoms with Gasteiger partial charge in [-0.05, 0) is 36.4 Å². The van der Waals surface area contributed by atoms with Crippen LogP contribution in [-0.4, -0.2) is 26.0 Å². The summed E-state index contributed by atoms with van der Waals surface area (Å²) in [5.74, 6) is 0.0601.